The molecule has 0 aliphatic carbocycles. The highest BCUT2D eigenvalue weighted by molar-refractivity contribution is 5.68. The Labute approximate surface area is 126 Å². The van der Waals surface area contributed by atoms with Crippen LogP contribution >= 0.6 is 0 Å². The zero-order valence-electron chi connectivity index (χ0n) is 13.0. The van der Waals surface area contributed by atoms with Gasteiger partial charge in [0.2, 0.25) is 0 Å². The molecule has 0 spiro atoms. The van der Waals surface area contributed by atoms with Crippen molar-refractivity contribution in [2.75, 3.05) is 0 Å². The number of alkyl carbamates (subject to hydrolysis) is 1. The summed E-state index contributed by atoms with van der Waals surface area (Å²) in [7, 11) is 0. The van der Waals surface area contributed by atoms with Gasteiger partial charge in [-0.15, -0.1) is 6.58 Å². The van der Waals surface area contributed by atoms with Crippen LogP contribution in [0.3, 0.4) is 0 Å². The van der Waals surface area contributed by atoms with Crippen LogP contribution in [0.1, 0.15) is 32.8 Å². The van der Waals surface area contributed by atoms with E-state index >= 15 is 0 Å². The smallest absolute Gasteiger partial charge is 0.407 e. The number of aliphatic hydroxyl groups is 1. The summed E-state index contributed by atoms with van der Waals surface area (Å²) in [5.41, 5.74) is 0.479. The number of rotatable bonds is 6. The third kappa shape index (κ3) is 6.95. The molecule has 0 aliphatic heterocycles. The molecule has 0 bridgehead atoms. The van der Waals surface area contributed by atoms with E-state index in [9.17, 15) is 9.90 Å². The Morgan fingerprint density at radius 1 is 1.38 bits per heavy atom. The monoisotopic (exact) mass is 291 g/mol. The molecular weight excluding hydrogens is 266 g/mol. The first-order valence-electron chi connectivity index (χ1n) is 7.14. The predicted molar refractivity (Wildman–Crippen MR) is 84.1 cm³/mol. The lowest BCUT2D eigenvalue weighted by atomic mass is 9.99. The van der Waals surface area contributed by atoms with Gasteiger partial charge in [0.1, 0.15) is 5.60 Å². The number of ether oxygens (including phenoxy) is 1. The lowest BCUT2D eigenvalue weighted by Crippen LogP contribution is -2.46. The van der Waals surface area contributed by atoms with Gasteiger partial charge in [0.05, 0.1) is 12.1 Å². The number of nitrogens with one attached hydrogen (secondary N) is 1. The van der Waals surface area contributed by atoms with Crippen LogP contribution in [0, 0.1) is 0 Å². The van der Waals surface area contributed by atoms with Gasteiger partial charge in [0, 0.05) is 0 Å². The Bertz CT molecular complexity index is 451. The fraction of sp³-hybridized carbons (Fsp3) is 0.471. The third-order valence-electron chi connectivity index (χ3n) is 2.87. The predicted octanol–water partition coefficient (Wildman–Crippen LogP) is 3.06. The highest BCUT2D eigenvalue weighted by atomic mass is 16.6. The van der Waals surface area contributed by atoms with Crippen molar-refractivity contribution < 1.29 is 14.6 Å². The van der Waals surface area contributed by atoms with Crippen LogP contribution in [-0.4, -0.2) is 28.9 Å². The van der Waals surface area contributed by atoms with Gasteiger partial charge in [-0.05, 0) is 39.2 Å². The van der Waals surface area contributed by atoms with E-state index in [1.165, 1.54) is 0 Å². The normalized spacial score (nSPS) is 14.1. The summed E-state index contributed by atoms with van der Waals surface area (Å²) in [4.78, 5) is 11.9. The number of hydrogen-bond donors (Lipinski definition) is 2. The van der Waals surface area contributed by atoms with E-state index in [0.29, 0.717) is 12.8 Å². The molecule has 0 aromatic heterocycles. The number of aliphatic hydroxyl groups excluding tert-OH is 1. The lowest BCUT2D eigenvalue weighted by Gasteiger charge is -2.26. The first-order valence-corrected chi connectivity index (χ1v) is 7.14. The molecule has 0 unspecified atom stereocenters. The SMILES string of the molecule is C=CC[C@H](O)[C@H](Cc1ccccc1)NC(=O)OC(C)(C)C. The quantitative estimate of drug-likeness (QED) is 0.792. The Hall–Kier alpha value is -1.81. The third-order valence-corrected chi connectivity index (χ3v) is 2.87. The standard InChI is InChI=1S/C17H25NO3/c1-5-9-15(19)14(12-13-10-7-6-8-11-13)18-16(20)21-17(2,3)4/h5-8,10-11,14-15,19H,1,9,12H2,2-4H3,(H,18,20)/t14-,15-/m0/s1. The minimum atomic E-state index is -0.699. The van der Waals surface area contributed by atoms with Gasteiger partial charge in [-0.1, -0.05) is 36.4 Å². The van der Waals surface area contributed by atoms with Crippen LogP contribution < -0.4 is 5.32 Å². The summed E-state index contributed by atoms with van der Waals surface area (Å²) in [5.74, 6) is 0. The van der Waals surface area contributed by atoms with E-state index in [1.807, 2.05) is 30.3 Å². The summed E-state index contributed by atoms with van der Waals surface area (Å²) in [6, 6.07) is 9.30. The maximum absolute atomic E-state index is 11.9. The van der Waals surface area contributed by atoms with Crippen molar-refractivity contribution >= 4 is 6.09 Å². The van der Waals surface area contributed by atoms with Gasteiger partial charge >= 0.3 is 6.09 Å². The lowest BCUT2D eigenvalue weighted by molar-refractivity contribution is 0.0425. The first-order chi connectivity index (χ1) is 9.81. The van der Waals surface area contributed by atoms with Crippen molar-refractivity contribution in [2.45, 2.75) is 51.4 Å². The molecule has 2 N–H and O–H groups in total. The van der Waals surface area contributed by atoms with Gasteiger partial charge < -0.3 is 15.2 Å². The summed E-state index contributed by atoms with van der Waals surface area (Å²) in [6.07, 6.45) is 1.36. The summed E-state index contributed by atoms with van der Waals surface area (Å²) >= 11 is 0. The van der Waals surface area contributed by atoms with Crippen LogP contribution in [0.4, 0.5) is 4.79 Å². The van der Waals surface area contributed by atoms with Crippen molar-refractivity contribution in [3.63, 3.8) is 0 Å². The van der Waals surface area contributed by atoms with Crippen LogP contribution in [-0.2, 0) is 11.2 Å². The molecule has 0 aliphatic rings. The molecule has 2 atom stereocenters. The zero-order chi connectivity index (χ0) is 15.9. The molecule has 0 saturated heterocycles. The van der Waals surface area contributed by atoms with E-state index in [-0.39, 0.29) is 0 Å². The van der Waals surface area contributed by atoms with Crippen LogP contribution in [0.5, 0.6) is 0 Å². The minimum absolute atomic E-state index is 0.410. The van der Waals surface area contributed by atoms with Crippen molar-refractivity contribution in [1.29, 1.82) is 0 Å². The Balaban J connectivity index is 2.73. The molecule has 21 heavy (non-hydrogen) atoms. The number of amides is 1. The van der Waals surface area contributed by atoms with Crippen LogP contribution in [0.2, 0.25) is 0 Å². The summed E-state index contributed by atoms with van der Waals surface area (Å²) in [5, 5.41) is 12.9. The first kappa shape index (κ1) is 17.2. The van der Waals surface area contributed by atoms with E-state index in [4.69, 9.17) is 4.74 Å². The van der Waals surface area contributed by atoms with Crippen molar-refractivity contribution in [3.8, 4) is 0 Å². The maximum Gasteiger partial charge on any atom is 0.407 e. The summed E-state index contributed by atoms with van der Waals surface area (Å²) in [6.45, 7) is 9.04. The molecule has 1 amide bonds. The van der Waals surface area contributed by atoms with E-state index < -0.39 is 23.8 Å². The largest absolute Gasteiger partial charge is 0.444 e. The molecule has 4 nitrogen and oxygen atoms in total. The van der Waals surface area contributed by atoms with Gasteiger partial charge in [-0.25, -0.2) is 4.79 Å². The van der Waals surface area contributed by atoms with Gasteiger partial charge in [-0.3, -0.25) is 0 Å². The van der Waals surface area contributed by atoms with Crippen molar-refractivity contribution in [1.82, 2.24) is 5.32 Å². The van der Waals surface area contributed by atoms with E-state index in [2.05, 4.69) is 11.9 Å². The second-order valence-electron chi connectivity index (χ2n) is 6.03. The van der Waals surface area contributed by atoms with Crippen molar-refractivity contribution in [2.24, 2.45) is 0 Å². The molecule has 1 aromatic rings. The second-order valence-corrected chi connectivity index (χ2v) is 6.03. The fourth-order valence-electron chi connectivity index (χ4n) is 1.95. The molecule has 1 rings (SSSR count). The molecule has 0 heterocycles. The molecular formula is C17H25NO3. The van der Waals surface area contributed by atoms with Crippen LogP contribution in [0.15, 0.2) is 43.0 Å². The molecule has 4 heteroatoms. The Morgan fingerprint density at radius 2 is 2.00 bits per heavy atom. The van der Waals surface area contributed by atoms with Gasteiger partial charge in [0.25, 0.3) is 0 Å². The Morgan fingerprint density at radius 3 is 2.52 bits per heavy atom. The highest BCUT2D eigenvalue weighted by Gasteiger charge is 2.24. The molecule has 0 fully saturated rings. The molecule has 0 radical (unpaired) electrons. The average Bonchev–Trinajstić information content (AvgIpc) is 2.37. The maximum atomic E-state index is 11.9. The minimum Gasteiger partial charge on any atom is -0.444 e. The average molecular weight is 291 g/mol. The summed E-state index contributed by atoms with van der Waals surface area (Å²) < 4.78 is 5.25. The molecule has 116 valence electrons. The van der Waals surface area contributed by atoms with Crippen molar-refractivity contribution in [3.05, 3.63) is 48.6 Å². The number of hydrogen-bond acceptors (Lipinski definition) is 3. The number of carbonyl (C=O) groups excluding carboxylic acids is 1. The molecule has 1 aromatic carbocycles. The van der Waals surface area contributed by atoms with E-state index in [1.54, 1.807) is 26.8 Å². The molecule has 0 saturated carbocycles. The van der Waals surface area contributed by atoms with Crippen LogP contribution in [0.25, 0.3) is 0 Å². The Kier molecular flexibility index (Phi) is 6.43. The second kappa shape index (κ2) is 7.84. The zero-order valence-corrected chi connectivity index (χ0v) is 13.0. The topological polar surface area (TPSA) is 58.6 Å². The number of benzene rings is 1. The van der Waals surface area contributed by atoms with Gasteiger partial charge in [0.15, 0.2) is 0 Å². The fourth-order valence-corrected chi connectivity index (χ4v) is 1.95. The van der Waals surface area contributed by atoms with E-state index in [0.717, 1.165) is 5.56 Å². The number of carbonyl (C=O) groups is 1. The van der Waals surface area contributed by atoms with Gasteiger partial charge in [-0.2, -0.15) is 0 Å². The highest BCUT2D eigenvalue weighted by Crippen LogP contribution is 2.11.